The Balaban J connectivity index is 2.22. The van der Waals surface area contributed by atoms with Gasteiger partial charge >= 0.3 is 5.63 Å². The second-order valence-corrected chi connectivity index (χ2v) is 6.39. The lowest BCUT2D eigenvalue weighted by molar-refractivity contribution is 0.473. The quantitative estimate of drug-likeness (QED) is 0.619. The number of rotatable bonds is 2. The van der Waals surface area contributed by atoms with Crippen LogP contribution in [0, 0.1) is 6.92 Å². The summed E-state index contributed by atoms with van der Waals surface area (Å²) in [5.41, 5.74) is 1.62. The molecule has 0 amide bonds. The minimum Gasteiger partial charge on any atom is -0.506 e. The first-order chi connectivity index (χ1) is 10.9. The summed E-state index contributed by atoms with van der Waals surface area (Å²) in [4.78, 5) is 12.3. The molecule has 3 nitrogen and oxygen atoms in total. The highest BCUT2D eigenvalue weighted by Crippen LogP contribution is 2.32. The van der Waals surface area contributed by atoms with Gasteiger partial charge in [-0.3, -0.25) is 0 Å². The molecule has 0 atom stereocenters. The van der Waals surface area contributed by atoms with Crippen LogP contribution in [-0.4, -0.2) is 5.11 Å². The number of fused-ring (bicyclic) bond motifs is 1. The Labute approximate surface area is 147 Å². The average molecular weight is 370 g/mol. The first-order valence-corrected chi connectivity index (χ1v) is 7.89. The summed E-state index contributed by atoms with van der Waals surface area (Å²) < 4.78 is 5.30. The van der Waals surface area contributed by atoms with E-state index >= 15 is 0 Å². The van der Waals surface area contributed by atoms with Gasteiger partial charge in [0.05, 0.1) is 5.02 Å². The summed E-state index contributed by atoms with van der Waals surface area (Å²) >= 11 is 18.3. The first kappa shape index (κ1) is 16.2. The van der Waals surface area contributed by atoms with Crippen LogP contribution in [0.3, 0.4) is 0 Å². The van der Waals surface area contributed by atoms with Crippen molar-refractivity contribution < 1.29 is 9.52 Å². The minimum absolute atomic E-state index is 0.136. The predicted molar refractivity (Wildman–Crippen MR) is 93.2 cm³/mol. The SMILES string of the molecule is Cc1c(Cc2c(Cl)cccc2Cl)c(=O)oc2cc(O)c(Cl)cc12. The van der Waals surface area contributed by atoms with Gasteiger partial charge in [0, 0.05) is 33.5 Å². The second-order valence-electron chi connectivity index (χ2n) is 5.17. The van der Waals surface area contributed by atoms with Crippen molar-refractivity contribution in [3.8, 4) is 5.75 Å². The normalized spacial score (nSPS) is 11.1. The molecule has 0 aliphatic rings. The molecule has 118 valence electrons. The predicted octanol–water partition coefficient (Wildman–Crippen LogP) is 5.36. The van der Waals surface area contributed by atoms with Gasteiger partial charge in [0.25, 0.3) is 0 Å². The third-order valence-electron chi connectivity index (χ3n) is 3.77. The number of phenolic OH excluding ortho intramolecular Hbond substituents is 1. The molecule has 0 spiro atoms. The van der Waals surface area contributed by atoms with Crippen molar-refractivity contribution in [1.29, 1.82) is 0 Å². The molecule has 3 rings (SSSR count). The summed E-state index contributed by atoms with van der Waals surface area (Å²) in [6.07, 6.45) is 0.251. The summed E-state index contributed by atoms with van der Waals surface area (Å²) in [6, 6.07) is 8.08. The van der Waals surface area contributed by atoms with Crippen LogP contribution in [0.15, 0.2) is 39.5 Å². The van der Waals surface area contributed by atoms with E-state index in [1.165, 1.54) is 6.07 Å². The summed E-state index contributed by atoms with van der Waals surface area (Å²) in [5.74, 6) is -0.136. The number of aryl methyl sites for hydroxylation is 1. The lowest BCUT2D eigenvalue weighted by atomic mass is 9.99. The van der Waals surface area contributed by atoms with Crippen LogP contribution in [0.2, 0.25) is 15.1 Å². The van der Waals surface area contributed by atoms with Crippen molar-refractivity contribution >= 4 is 45.8 Å². The molecule has 0 bridgehead atoms. The zero-order valence-electron chi connectivity index (χ0n) is 12.0. The topological polar surface area (TPSA) is 50.4 Å². The van der Waals surface area contributed by atoms with E-state index in [0.717, 1.165) is 0 Å². The molecule has 0 radical (unpaired) electrons. The largest absolute Gasteiger partial charge is 0.506 e. The Morgan fingerprint density at radius 1 is 1.04 bits per heavy atom. The molecule has 3 aromatic rings. The molecule has 1 heterocycles. The molecule has 1 N–H and O–H groups in total. The van der Waals surface area contributed by atoms with Crippen molar-refractivity contribution in [2.75, 3.05) is 0 Å². The Kier molecular flexibility index (Phi) is 4.28. The Morgan fingerprint density at radius 2 is 1.70 bits per heavy atom. The molecule has 23 heavy (non-hydrogen) atoms. The number of phenols is 1. The van der Waals surface area contributed by atoms with Gasteiger partial charge in [-0.1, -0.05) is 40.9 Å². The van der Waals surface area contributed by atoms with Gasteiger partial charge in [-0.15, -0.1) is 0 Å². The Hall–Kier alpha value is -1.68. The van der Waals surface area contributed by atoms with Crippen molar-refractivity contribution in [2.45, 2.75) is 13.3 Å². The molecular formula is C17H11Cl3O3. The van der Waals surface area contributed by atoms with Gasteiger partial charge in [-0.2, -0.15) is 0 Å². The fourth-order valence-electron chi connectivity index (χ4n) is 2.48. The van der Waals surface area contributed by atoms with Crippen molar-refractivity contribution in [3.63, 3.8) is 0 Å². The van der Waals surface area contributed by atoms with E-state index in [0.29, 0.717) is 32.1 Å². The van der Waals surface area contributed by atoms with Crippen LogP contribution >= 0.6 is 34.8 Å². The van der Waals surface area contributed by atoms with Crippen LogP contribution < -0.4 is 5.63 Å². The van der Waals surface area contributed by atoms with Crippen molar-refractivity contribution in [2.24, 2.45) is 0 Å². The van der Waals surface area contributed by atoms with Gasteiger partial charge in [0.2, 0.25) is 0 Å². The van der Waals surface area contributed by atoms with E-state index in [9.17, 15) is 9.90 Å². The molecule has 0 saturated carbocycles. The number of hydrogen-bond acceptors (Lipinski definition) is 3. The zero-order valence-corrected chi connectivity index (χ0v) is 14.3. The van der Waals surface area contributed by atoms with Gasteiger partial charge in [0.15, 0.2) is 0 Å². The molecule has 0 saturated heterocycles. The zero-order chi connectivity index (χ0) is 16.7. The highest BCUT2D eigenvalue weighted by molar-refractivity contribution is 6.36. The number of aromatic hydroxyl groups is 1. The fraction of sp³-hybridized carbons (Fsp3) is 0.118. The van der Waals surface area contributed by atoms with Crippen LogP contribution in [0.4, 0.5) is 0 Å². The number of hydrogen-bond donors (Lipinski definition) is 1. The summed E-state index contributed by atoms with van der Waals surface area (Å²) in [6.45, 7) is 1.80. The molecule has 6 heteroatoms. The Bertz CT molecular complexity index is 957. The van der Waals surface area contributed by atoms with E-state index < -0.39 is 5.63 Å². The van der Waals surface area contributed by atoms with Gasteiger partial charge in [-0.25, -0.2) is 4.79 Å². The van der Waals surface area contributed by atoms with Gasteiger partial charge in [-0.05, 0) is 36.2 Å². The standard InChI is InChI=1S/C17H11Cl3O3/c1-8-9-6-14(20)15(21)7-16(9)23-17(22)10(8)5-11-12(18)3-2-4-13(11)19/h2-4,6-7,21H,5H2,1H3. The number of halogens is 3. The van der Waals surface area contributed by atoms with E-state index in [4.69, 9.17) is 39.2 Å². The van der Waals surface area contributed by atoms with E-state index in [1.54, 1.807) is 31.2 Å². The molecule has 2 aromatic carbocycles. The van der Waals surface area contributed by atoms with Crippen LogP contribution in [0.1, 0.15) is 16.7 Å². The summed E-state index contributed by atoms with van der Waals surface area (Å²) in [7, 11) is 0. The lowest BCUT2D eigenvalue weighted by Crippen LogP contribution is -2.11. The van der Waals surface area contributed by atoms with Crippen molar-refractivity contribution in [3.05, 3.63) is 72.5 Å². The van der Waals surface area contributed by atoms with Crippen LogP contribution in [0.5, 0.6) is 5.75 Å². The maximum absolute atomic E-state index is 12.3. The van der Waals surface area contributed by atoms with E-state index in [-0.39, 0.29) is 22.8 Å². The Morgan fingerprint density at radius 3 is 2.35 bits per heavy atom. The maximum Gasteiger partial charge on any atom is 0.340 e. The van der Waals surface area contributed by atoms with E-state index in [2.05, 4.69) is 0 Å². The first-order valence-electron chi connectivity index (χ1n) is 6.76. The third-order valence-corrected chi connectivity index (χ3v) is 4.78. The second kappa shape index (κ2) is 6.08. The van der Waals surface area contributed by atoms with Crippen molar-refractivity contribution in [1.82, 2.24) is 0 Å². The molecule has 0 fully saturated rings. The van der Waals surface area contributed by atoms with Crippen LogP contribution in [0.25, 0.3) is 11.0 Å². The third kappa shape index (κ3) is 2.92. The molecule has 0 aliphatic carbocycles. The van der Waals surface area contributed by atoms with Crippen LogP contribution in [-0.2, 0) is 6.42 Å². The average Bonchev–Trinajstić information content (AvgIpc) is 2.48. The maximum atomic E-state index is 12.3. The molecular weight excluding hydrogens is 359 g/mol. The lowest BCUT2D eigenvalue weighted by Gasteiger charge is -2.11. The fourth-order valence-corrected chi connectivity index (χ4v) is 3.17. The summed E-state index contributed by atoms with van der Waals surface area (Å²) in [5, 5.41) is 11.5. The number of benzene rings is 2. The van der Waals surface area contributed by atoms with Gasteiger partial charge < -0.3 is 9.52 Å². The highest BCUT2D eigenvalue weighted by Gasteiger charge is 2.16. The van der Waals surface area contributed by atoms with E-state index in [1.807, 2.05) is 0 Å². The molecule has 1 aromatic heterocycles. The van der Waals surface area contributed by atoms with Gasteiger partial charge in [0.1, 0.15) is 11.3 Å². The highest BCUT2D eigenvalue weighted by atomic mass is 35.5. The smallest absolute Gasteiger partial charge is 0.340 e. The monoisotopic (exact) mass is 368 g/mol. The molecule has 0 unspecified atom stereocenters. The minimum atomic E-state index is -0.493. The molecule has 0 aliphatic heterocycles.